The number of halogens is 2. The number of hydrogen-bond acceptors (Lipinski definition) is 1. The molecule has 4 heteroatoms. The smallest absolute Gasteiger partial charge is 0.257 e. The molecule has 1 aromatic carbocycles. The summed E-state index contributed by atoms with van der Waals surface area (Å²) in [6.45, 7) is 5.63. The standard InChI is InChI=1S/C12H15F2NO/c1-7(2)8(3)15-12(16)11-9(13)5-4-6-10(11)14/h4-8H,1-3H3,(H,15,16). The molecule has 1 aromatic rings. The van der Waals surface area contributed by atoms with E-state index in [9.17, 15) is 13.6 Å². The number of carbonyl (C=O) groups excluding carboxylic acids is 1. The van der Waals surface area contributed by atoms with Crippen molar-refractivity contribution in [2.75, 3.05) is 0 Å². The van der Waals surface area contributed by atoms with Gasteiger partial charge in [-0.05, 0) is 25.0 Å². The molecule has 0 fully saturated rings. The minimum absolute atomic E-state index is 0.133. The lowest BCUT2D eigenvalue weighted by Gasteiger charge is -2.17. The Morgan fingerprint density at radius 1 is 1.19 bits per heavy atom. The molecule has 0 aliphatic heterocycles. The molecule has 1 amide bonds. The van der Waals surface area contributed by atoms with Crippen LogP contribution in [0.1, 0.15) is 31.1 Å². The number of nitrogens with one attached hydrogen (secondary N) is 1. The predicted octanol–water partition coefficient (Wildman–Crippen LogP) is 2.74. The topological polar surface area (TPSA) is 29.1 Å². The largest absolute Gasteiger partial charge is 0.349 e. The molecule has 0 bridgehead atoms. The molecular weight excluding hydrogens is 212 g/mol. The number of carbonyl (C=O) groups is 1. The second-order valence-electron chi connectivity index (χ2n) is 4.10. The van der Waals surface area contributed by atoms with Crippen molar-refractivity contribution in [3.63, 3.8) is 0 Å². The van der Waals surface area contributed by atoms with E-state index in [1.807, 2.05) is 13.8 Å². The van der Waals surface area contributed by atoms with Crippen LogP contribution in [0.3, 0.4) is 0 Å². The molecule has 0 aromatic heterocycles. The van der Waals surface area contributed by atoms with Crippen LogP contribution < -0.4 is 5.32 Å². The lowest BCUT2D eigenvalue weighted by Crippen LogP contribution is -2.37. The molecule has 0 heterocycles. The first-order chi connectivity index (χ1) is 7.43. The van der Waals surface area contributed by atoms with Gasteiger partial charge in [-0.1, -0.05) is 19.9 Å². The zero-order valence-electron chi connectivity index (χ0n) is 9.55. The van der Waals surface area contributed by atoms with Gasteiger partial charge in [-0.2, -0.15) is 0 Å². The summed E-state index contributed by atoms with van der Waals surface area (Å²) in [6.07, 6.45) is 0. The highest BCUT2D eigenvalue weighted by Crippen LogP contribution is 2.12. The Morgan fingerprint density at radius 3 is 2.12 bits per heavy atom. The Labute approximate surface area is 93.7 Å². The lowest BCUT2D eigenvalue weighted by atomic mass is 10.1. The fourth-order valence-corrected chi connectivity index (χ4v) is 1.16. The second-order valence-corrected chi connectivity index (χ2v) is 4.10. The van der Waals surface area contributed by atoms with E-state index < -0.39 is 23.1 Å². The summed E-state index contributed by atoms with van der Waals surface area (Å²) in [6, 6.07) is 3.23. The zero-order valence-corrected chi connectivity index (χ0v) is 9.55. The van der Waals surface area contributed by atoms with Gasteiger partial charge >= 0.3 is 0 Å². The summed E-state index contributed by atoms with van der Waals surface area (Å²) in [4.78, 5) is 11.6. The van der Waals surface area contributed by atoms with Crippen molar-refractivity contribution in [2.24, 2.45) is 5.92 Å². The summed E-state index contributed by atoms with van der Waals surface area (Å²) in [5, 5.41) is 2.56. The van der Waals surface area contributed by atoms with Crippen LogP contribution in [0, 0.1) is 17.6 Å². The van der Waals surface area contributed by atoms with Crippen molar-refractivity contribution in [1.29, 1.82) is 0 Å². The zero-order chi connectivity index (χ0) is 12.3. The molecule has 0 aliphatic carbocycles. The monoisotopic (exact) mass is 227 g/mol. The molecule has 16 heavy (non-hydrogen) atoms. The minimum atomic E-state index is -0.839. The number of benzene rings is 1. The third-order valence-electron chi connectivity index (χ3n) is 2.55. The number of amides is 1. The van der Waals surface area contributed by atoms with Crippen LogP contribution in [0.25, 0.3) is 0 Å². The van der Waals surface area contributed by atoms with Gasteiger partial charge in [-0.3, -0.25) is 4.79 Å². The third-order valence-corrected chi connectivity index (χ3v) is 2.55. The SMILES string of the molecule is CC(C)C(C)NC(=O)c1c(F)cccc1F. The van der Waals surface area contributed by atoms with Crippen LogP contribution in [0.15, 0.2) is 18.2 Å². The third kappa shape index (κ3) is 2.78. The van der Waals surface area contributed by atoms with Gasteiger partial charge in [-0.25, -0.2) is 8.78 Å². The van der Waals surface area contributed by atoms with Gasteiger partial charge in [-0.15, -0.1) is 0 Å². The maximum atomic E-state index is 13.3. The number of rotatable bonds is 3. The van der Waals surface area contributed by atoms with Crippen molar-refractivity contribution in [2.45, 2.75) is 26.8 Å². The van der Waals surface area contributed by atoms with E-state index in [1.54, 1.807) is 6.92 Å². The molecule has 1 unspecified atom stereocenters. The highest BCUT2D eigenvalue weighted by atomic mass is 19.1. The van der Waals surface area contributed by atoms with Crippen molar-refractivity contribution in [3.8, 4) is 0 Å². The van der Waals surface area contributed by atoms with Crippen LogP contribution >= 0.6 is 0 Å². The van der Waals surface area contributed by atoms with Gasteiger partial charge in [0.25, 0.3) is 5.91 Å². The summed E-state index contributed by atoms with van der Waals surface area (Å²) in [5.74, 6) is -2.18. The van der Waals surface area contributed by atoms with Crippen LogP contribution in [-0.4, -0.2) is 11.9 Å². The fourth-order valence-electron chi connectivity index (χ4n) is 1.16. The average molecular weight is 227 g/mol. The lowest BCUT2D eigenvalue weighted by molar-refractivity contribution is 0.0922. The van der Waals surface area contributed by atoms with Crippen LogP contribution in [-0.2, 0) is 0 Å². The Morgan fingerprint density at radius 2 is 1.69 bits per heavy atom. The molecule has 0 aliphatic rings. The molecule has 2 nitrogen and oxygen atoms in total. The van der Waals surface area contributed by atoms with Crippen LogP contribution in [0.2, 0.25) is 0 Å². The molecule has 0 saturated carbocycles. The Balaban J connectivity index is 2.89. The van der Waals surface area contributed by atoms with E-state index in [0.29, 0.717) is 0 Å². The number of hydrogen-bond donors (Lipinski definition) is 1. The first kappa shape index (κ1) is 12.6. The molecule has 0 radical (unpaired) electrons. The molecular formula is C12H15F2NO. The van der Waals surface area contributed by atoms with E-state index in [0.717, 1.165) is 12.1 Å². The van der Waals surface area contributed by atoms with Crippen molar-refractivity contribution >= 4 is 5.91 Å². The molecule has 1 rings (SSSR count). The highest BCUT2D eigenvalue weighted by Gasteiger charge is 2.19. The second kappa shape index (κ2) is 5.05. The normalized spacial score (nSPS) is 12.6. The summed E-state index contributed by atoms with van der Waals surface area (Å²) >= 11 is 0. The van der Waals surface area contributed by atoms with Gasteiger partial charge in [0.1, 0.15) is 17.2 Å². The molecule has 1 N–H and O–H groups in total. The maximum Gasteiger partial charge on any atom is 0.257 e. The van der Waals surface area contributed by atoms with Gasteiger partial charge in [0, 0.05) is 6.04 Å². The van der Waals surface area contributed by atoms with Gasteiger partial charge in [0.05, 0.1) is 0 Å². The van der Waals surface area contributed by atoms with Gasteiger partial charge < -0.3 is 5.32 Å². The Hall–Kier alpha value is -1.45. The molecule has 1 atom stereocenters. The molecule has 0 spiro atoms. The van der Waals surface area contributed by atoms with E-state index in [1.165, 1.54) is 6.07 Å². The maximum absolute atomic E-state index is 13.3. The predicted molar refractivity (Wildman–Crippen MR) is 58.1 cm³/mol. The van der Waals surface area contributed by atoms with Gasteiger partial charge in [0.15, 0.2) is 0 Å². The van der Waals surface area contributed by atoms with Crippen molar-refractivity contribution < 1.29 is 13.6 Å². The quantitative estimate of drug-likeness (QED) is 0.845. The highest BCUT2D eigenvalue weighted by molar-refractivity contribution is 5.94. The van der Waals surface area contributed by atoms with E-state index >= 15 is 0 Å². The van der Waals surface area contributed by atoms with E-state index in [4.69, 9.17) is 0 Å². The van der Waals surface area contributed by atoms with E-state index in [2.05, 4.69) is 5.32 Å². The van der Waals surface area contributed by atoms with Crippen molar-refractivity contribution in [3.05, 3.63) is 35.4 Å². The first-order valence-corrected chi connectivity index (χ1v) is 5.18. The van der Waals surface area contributed by atoms with Crippen LogP contribution in [0.4, 0.5) is 8.78 Å². The molecule has 0 saturated heterocycles. The fraction of sp³-hybridized carbons (Fsp3) is 0.417. The molecule has 88 valence electrons. The Bertz CT molecular complexity index is 370. The summed E-state index contributed by atoms with van der Waals surface area (Å²) in [5.41, 5.74) is -0.519. The Kier molecular flexibility index (Phi) is 3.99. The van der Waals surface area contributed by atoms with Crippen molar-refractivity contribution in [1.82, 2.24) is 5.32 Å². The average Bonchev–Trinajstić information content (AvgIpc) is 2.16. The first-order valence-electron chi connectivity index (χ1n) is 5.18. The summed E-state index contributed by atoms with van der Waals surface area (Å²) in [7, 11) is 0. The van der Waals surface area contributed by atoms with Gasteiger partial charge in [0.2, 0.25) is 0 Å². The minimum Gasteiger partial charge on any atom is -0.349 e. The summed E-state index contributed by atoms with van der Waals surface area (Å²) < 4.78 is 26.5. The van der Waals surface area contributed by atoms with E-state index in [-0.39, 0.29) is 12.0 Å². The van der Waals surface area contributed by atoms with Crippen LogP contribution in [0.5, 0.6) is 0 Å².